The van der Waals surface area contributed by atoms with Crippen molar-refractivity contribution >= 4 is 5.97 Å². The third-order valence-electron chi connectivity index (χ3n) is 4.89. The topological polar surface area (TPSA) is 37.3 Å². The summed E-state index contributed by atoms with van der Waals surface area (Å²) in [6.07, 6.45) is 21.6. The summed E-state index contributed by atoms with van der Waals surface area (Å²) in [5.74, 6) is 0.261. The SMILES string of the molecule is CCCCCCCCC(C)CCCCCCCCCCC(=O)O. The molecule has 0 saturated heterocycles. The number of aliphatic carboxylic acids is 1. The van der Waals surface area contributed by atoms with Crippen molar-refractivity contribution in [3.63, 3.8) is 0 Å². The fourth-order valence-electron chi connectivity index (χ4n) is 3.25. The van der Waals surface area contributed by atoms with Crippen LogP contribution in [0.25, 0.3) is 0 Å². The van der Waals surface area contributed by atoms with Crippen LogP contribution in [0.3, 0.4) is 0 Å². The van der Waals surface area contributed by atoms with Crippen molar-refractivity contribution in [1.29, 1.82) is 0 Å². The van der Waals surface area contributed by atoms with E-state index >= 15 is 0 Å². The maximum Gasteiger partial charge on any atom is 0.303 e. The first-order chi connectivity index (χ1) is 11.2. The van der Waals surface area contributed by atoms with Crippen molar-refractivity contribution in [3.8, 4) is 0 Å². The van der Waals surface area contributed by atoms with Crippen LogP contribution in [0.4, 0.5) is 0 Å². The molecule has 1 unspecified atom stereocenters. The summed E-state index contributed by atoms with van der Waals surface area (Å²) in [7, 11) is 0. The summed E-state index contributed by atoms with van der Waals surface area (Å²) in [4.78, 5) is 10.4. The van der Waals surface area contributed by atoms with Crippen molar-refractivity contribution < 1.29 is 9.90 Å². The molecule has 0 aromatic carbocycles. The molecule has 0 rings (SSSR count). The van der Waals surface area contributed by atoms with Crippen LogP contribution < -0.4 is 0 Å². The van der Waals surface area contributed by atoms with Gasteiger partial charge in [-0.05, 0) is 12.3 Å². The van der Waals surface area contributed by atoms with Gasteiger partial charge in [0.2, 0.25) is 0 Å². The second-order valence-corrected chi connectivity index (χ2v) is 7.42. The van der Waals surface area contributed by atoms with E-state index in [0.29, 0.717) is 6.42 Å². The summed E-state index contributed by atoms with van der Waals surface area (Å²) in [6.45, 7) is 4.70. The zero-order valence-electron chi connectivity index (χ0n) is 16.0. The van der Waals surface area contributed by atoms with Gasteiger partial charge in [-0.3, -0.25) is 4.79 Å². The van der Waals surface area contributed by atoms with Crippen molar-refractivity contribution in [2.75, 3.05) is 0 Å². The van der Waals surface area contributed by atoms with E-state index in [9.17, 15) is 4.79 Å². The highest BCUT2D eigenvalue weighted by Gasteiger charge is 2.02. The highest BCUT2D eigenvalue weighted by atomic mass is 16.4. The molecule has 0 saturated carbocycles. The van der Waals surface area contributed by atoms with Gasteiger partial charge >= 0.3 is 5.97 Å². The molecule has 0 aromatic rings. The lowest BCUT2D eigenvalue weighted by molar-refractivity contribution is -0.137. The molecule has 1 N–H and O–H groups in total. The number of carboxylic acid groups (broad SMARTS) is 1. The molecule has 2 nitrogen and oxygen atoms in total. The van der Waals surface area contributed by atoms with Crippen LogP contribution in [-0.2, 0) is 4.79 Å². The van der Waals surface area contributed by atoms with Gasteiger partial charge in [0.05, 0.1) is 0 Å². The summed E-state index contributed by atoms with van der Waals surface area (Å²) < 4.78 is 0. The van der Waals surface area contributed by atoms with E-state index in [1.165, 1.54) is 89.9 Å². The Balaban J connectivity index is 3.14. The summed E-state index contributed by atoms with van der Waals surface area (Å²) >= 11 is 0. The average Bonchev–Trinajstić information content (AvgIpc) is 2.52. The molecule has 0 radical (unpaired) electrons. The Morgan fingerprint density at radius 3 is 1.52 bits per heavy atom. The van der Waals surface area contributed by atoms with Crippen LogP contribution in [-0.4, -0.2) is 11.1 Å². The van der Waals surface area contributed by atoms with Gasteiger partial charge in [0, 0.05) is 6.42 Å². The molecular formula is C21H42O2. The Labute approximate surface area is 145 Å². The molecule has 0 bridgehead atoms. The van der Waals surface area contributed by atoms with E-state index < -0.39 is 5.97 Å². The van der Waals surface area contributed by atoms with Gasteiger partial charge in [0.15, 0.2) is 0 Å². The van der Waals surface area contributed by atoms with Gasteiger partial charge in [-0.1, -0.05) is 110 Å². The Morgan fingerprint density at radius 1 is 0.696 bits per heavy atom. The second kappa shape index (κ2) is 17.8. The molecule has 0 aliphatic heterocycles. The Kier molecular flexibility index (Phi) is 17.4. The third-order valence-corrected chi connectivity index (χ3v) is 4.89. The zero-order chi connectivity index (χ0) is 17.2. The molecule has 2 heteroatoms. The van der Waals surface area contributed by atoms with E-state index in [2.05, 4.69) is 13.8 Å². The van der Waals surface area contributed by atoms with Crippen LogP contribution in [0.1, 0.15) is 123 Å². The summed E-state index contributed by atoms with van der Waals surface area (Å²) in [5.41, 5.74) is 0. The first kappa shape index (κ1) is 22.5. The second-order valence-electron chi connectivity index (χ2n) is 7.42. The first-order valence-electron chi connectivity index (χ1n) is 10.4. The minimum atomic E-state index is -0.653. The minimum absolute atomic E-state index is 0.344. The van der Waals surface area contributed by atoms with Crippen molar-refractivity contribution in [2.24, 2.45) is 5.92 Å². The van der Waals surface area contributed by atoms with Crippen LogP contribution in [0, 0.1) is 5.92 Å². The van der Waals surface area contributed by atoms with E-state index in [-0.39, 0.29) is 0 Å². The highest BCUT2D eigenvalue weighted by molar-refractivity contribution is 5.66. The predicted octanol–water partition coefficient (Wildman–Crippen LogP) is 7.36. The maximum atomic E-state index is 10.4. The molecule has 138 valence electrons. The van der Waals surface area contributed by atoms with Gasteiger partial charge in [-0.15, -0.1) is 0 Å². The molecule has 0 spiro atoms. The van der Waals surface area contributed by atoms with Crippen LogP contribution >= 0.6 is 0 Å². The molecule has 0 aliphatic rings. The number of carbonyl (C=O) groups is 1. The molecule has 1 atom stereocenters. The molecule has 23 heavy (non-hydrogen) atoms. The maximum absolute atomic E-state index is 10.4. The summed E-state index contributed by atoms with van der Waals surface area (Å²) in [5, 5.41) is 8.56. The molecule has 0 fully saturated rings. The van der Waals surface area contributed by atoms with E-state index in [1.54, 1.807) is 0 Å². The van der Waals surface area contributed by atoms with Crippen LogP contribution in [0.2, 0.25) is 0 Å². The predicted molar refractivity (Wildman–Crippen MR) is 101 cm³/mol. The fraction of sp³-hybridized carbons (Fsp3) is 0.952. The largest absolute Gasteiger partial charge is 0.481 e. The monoisotopic (exact) mass is 326 g/mol. The number of hydrogen-bond donors (Lipinski definition) is 1. The Morgan fingerprint density at radius 2 is 1.09 bits per heavy atom. The van der Waals surface area contributed by atoms with Gasteiger partial charge < -0.3 is 5.11 Å². The summed E-state index contributed by atoms with van der Waals surface area (Å²) in [6, 6.07) is 0. The Bertz CT molecular complexity index is 250. The Hall–Kier alpha value is -0.530. The molecule has 0 amide bonds. The van der Waals surface area contributed by atoms with Gasteiger partial charge in [-0.2, -0.15) is 0 Å². The van der Waals surface area contributed by atoms with Gasteiger partial charge in [0.1, 0.15) is 0 Å². The minimum Gasteiger partial charge on any atom is -0.481 e. The van der Waals surface area contributed by atoms with Crippen molar-refractivity contribution in [2.45, 2.75) is 123 Å². The lowest BCUT2D eigenvalue weighted by Crippen LogP contribution is -1.95. The average molecular weight is 327 g/mol. The molecule has 0 aliphatic carbocycles. The van der Waals surface area contributed by atoms with Crippen molar-refractivity contribution in [1.82, 2.24) is 0 Å². The number of unbranched alkanes of at least 4 members (excludes halogenated alkanes) is 12. The number of hydrogen-bond acceptors (Lipinski definition) is 1. The standard InChI is InChI=1S/C21H42O2/c1-3-4-5-6-11-14-17-20(2)18-15-12-9-7-8-10-13-16-19-21(22)23/h20H,3-19H2,1-2H3,(H,22,23). The normalized spacial score (nSPS) is 12.4. The molecule has 0 aromatic heterocycles. The molecular weight excluding hydrogens is 284 g/mol. The zero-order valence-corrected chi connectivity index (χ0v) is 16.0. The lowest BCUT2D eigenvalue weighted by atomic mass is 9.96. The van der Waals surface area contributed by atoms with Crippen LogP contribution in [0.5, 0.6) is 0 Å². The number of carboxylic acids is 1. The lowest BCUT2D eigenvalue weighted by Gasteiger charge is -2.11. The number of rotatable bonds is 18. The van der Waals surface area contributed by atoms with E-state index in [0.717, 1.165) is 18.8 Å². The quantitative estimate of drug-likeness (QED) is 0.267. The highest BCUT2D eigenvalue weighted by Crippen LogP contribution is 2.18. The van der Waals surface area contributed by atoms with Crippen LogP contribution in [0.15, 0.2) is 0 Å². The van der Waals surface area contributed by atoms with E-state index in [1.807, 2.05) is 0 Å². The first-order valence-corrected chi connectivity index (χ1v) is 10.4. The van der Waals surface area contributed by atoms with E-state index in [4.69, 9.17) is 5.11 Å². The fourth-order valence-corrected chi connectivity index (χ4v) is 3.25. The van der Waals surface area contributed by atoms with Crippen molar-refractivity contribution in [3.05, 3.63) is 0 Å². The third kappa shape index (κ3) is 19.4. The van der Waals surface area contributed by atoms with Gasteiger partial charge in [-0.25, -0.2) is 0 Å². The smallest absolute Gasteiger partial charge is 0.303 e. The molecule has 0 heterocycles. The van der Waals surface area contributed by atoms with Gasteiger partial charge in [0.25, 0.3) is 0 Å².